The highest BCUT2D eigenvalue weighted by Crippen LogP contribution is 2.34. The van der Waals surface area contributed by atoms with Crippen molar-refractivity contribution in [3.8, 4) is 0 Å². The van der Waals surface area contributed by atoms with E-state index in [1.54, 1.807) is 6.07 Å². The Bertz CT molecular complexity index is 664. The third-order valence-corrected chi connectivity index (χ3v) is 5.00. The van der Waals surface area contributed by atoms with Gasteiger partial charge in [0, 0.05) is 25.9 Å². The number of amides is 2. The molecule has 1 spiro atoms. The van der Waals surface area contributed by atoms with Gasteiger partial charge in [0.15, 0.2) is 5.79 Å². The largest absolute Gasteiger partial charge is 0.347 e. The maximum atomic E-state index is 13.4. The van der Waals surface area contributed by atoms with Gasteiger partial charge in [0.05, 0.1) is 31.4 Å². The van der Waals surface area contributed by atoms with Crippen molar-refractivity contribution in [3.05, 3.63) is 30.1 Å². The summed E-state index contributed by atoms with van der Waals surface area (Å²) in [6.45, 7) is 2.49. The molecule has 0 saturated carbocycles. The summed E-state index contributed by atoms with van der Waals surface area (Å²) in [5.74, 6) is -1.55. The Kier molecular flexibility index (Phi) is 3.86. The first-order chi connectivity index (χ1) is 11.6. The van der Waals surface area contributed by atoms with Crippen LogP contribution in [-0.4, -0.2) is 54.8 Å². The van der Waals surface area contributed by atoms with Crippen molar-refractivity contribution in [2.45, 2.75) is 31.1 Å². The van der Waals surface area contributed by atoms with Gasteiger partial charge in [-0.05, 0) is 18.2 Å². The highest BCUT2D eigenvalue weighted by molar-refractivity contribution is 6.22. The SMILES string of the molecule is O=C1C[C@@H](N2CCC3(CC2)OCCO3)C(=O)N1c1cccc(F)c1. The highest BCUT2D eigenvalue weighted by atomic mass is 19.1. The average molecular weight is 334 g/mol. The van der Waals surface area contributed by atoms with Gasteiger partial charge in [-0.3, -0.25) is 14.5 Å². The van der Waals surface area contributed by atoms with Crippen LogP contribution in [0.2, 0.25) is 0 Å². The second-order valence-electron chi connectivity index (χ2n) is 6.41. The van der Waals surface area contributed by atoms with Gasteiger partial charge in [-0.25, -0.2) is 9.29 Å². The van der Waals surface area contributed by atoms with Crippen LogP contribution in [-0.2, 0) is 19.1 Å². The minimum absolute atomic E-state index is 0.129. The third-order valence-electron chi connectivity index (χ3n) is 5.00. The van der Waals surface area contributed by atoms with Crippen molar-refractivity contribution in [2.75, 3.05) is 31.2 Å². The van der Waals surface area contributed by atoms with E-state index in [0.29, 0.717) is 44.8 Å². The van der Waals surface area contributed by atoms with E-state index in [1.807, 2.05) is 4.90 Å². The van der Waals surface area contributed by atoms with Crippen LogP contribution in [0.1, 0.15) is 19.3 Å². The Morgan fingerprint density at radius 2 is 1.83 bits per heavy atom. The molecule has 24 heavy (non-hydrogen) atoms. The van der Waals surface area contributed by atoms with Crippen molar-refractivity contribution in [1.82, 2.24) is 4.90 Å². The van der Waals surface area contributed by atoms with Gasteiger partial charge in [0.1, 0.15) is 5.82 Å². The summed E-state index contributed by atoms with van der Waals surface area (Å²) in [5, 5.41) is 0. The lowest BCUT2D eigenvalue weighted by Gasteiger charge is -2.39. The quantitative estimate of drug-likeness (QED) is 0.763. The molecule has 3 aliphatic heterocycles. The minimum Gasteiger partial charge on any atom is -0.347 e. The lowest BCUT2D eigenvalue weighted by atomic mass is 10.0. The second kappa shape index (κ2) is 5.91. The van der Waals surface area contributed by atoms with E-state index in [9.17, 15) is 14.0 Å². The summed E-state index contributed by atoms with van der Waals surface area (Å²) in [5.41, 5.74) is 0.295. The predicted octanol–water partition coefficient (Wildman–Crippen LogP) is 1.30. The number of hydrogen-bond donors (Lipinski definition) is 0. The van der Waals surface area contributed by atoms with Crippen LogP contribution >= 0.6 is 0 Å². The van der Waals surface area contributed by atoms with E-state index < -0.39 is 17.6 Å². The van der Waals surface area contributed by atoms with Crippen LogP contribution in [0.4, 0.5) is 10.1 Å². The number of carbonyl (C=O) groups excluding carboxylic acids is 2. The molecule has 1 aromatic carbocycles. The van der Waals surface area contributed by atoms with E-state index in [-0.39, 0.29) is 18.2 Å². The Balaban J connectivity index is 1.48. The Morgan fingerprint density at radius 1 is 1.12 bits per heavy atom. The van der Waals surface area contributed by atoms with Crippen LogP contribution in [0, 0.1) is 5.82 Å². The van der Waals surface area contributed by atoms with E-state index >= 15 is 0 Å². The van der Waals surface area contributed by atoms with Crippen molar-refractivity contribution >= 4 is 17.5 Å². The first-order valence-corrected chi connectivity index (χ1v) is 8.22. The van der Waals surface area contributed by atoms with Gasteiger partial charge in [0.2, 0.25) is 5.91 Å². The Morgan fingerprint density at radius 3 is 2.50 bits per heavy atom. The average Bonchev–Trinajstić information content (AvgIpc) is 3.13. The maximum absolute atomic E-state index is 13.4. The molecule has 6 nitrogen and oxygen atoms in total. The zero-order valence-electron chi connectivity index (χ0n) is 13.2. The molecule has 128 valence electrons. The van der Waals surface area contributed by atoms with Gasteiger partial charge in [0.25, 0.3) is 5.91 Å². The molecule has 0 N–H and O–H groups in total. The van der Waals surface area contributed by atoms with E-state index in [0.717, 1.165) is 4.90 Å². The van der Waals surface area contributed by atoms with Crippen LogP contribution in [0.15, 0.2) is 24.3 Å². The number of anilines is 1. The highest BCUT2D eigenvalue weighted by Gasteiger charge is 2.47. The number of piperidine rings is 1. The lowest BCUT2D eigenvalue weighted by Crippen LogP contribution is -2.51. The molecule has 0 aromatic heterocycles. The smallest absolute Gasteiger partial charge is 0.251 e. The molecule has 7 heteroatoms. The molecule has 1 aromatic rings. The molecule has 1 atom stereocenters. The second-order valence-corrected chi connectivity index (χ2v) is 6.41. The number of carbonyl (C=O) groups is 2. The van der Waals surface area contributed by atoms with Gasteiger partial charge in [-0.2, -0.15) is 0 Å². The maximum Gasteiger partial charge on any atom is 0.251 e. The van der Waals surface area contributed by atoms with Crippen molar-refractivity contribution in [2.24, 2.45) is 0 Å². The molecule has 3 heterocycles. The Labute approximate surface area is 139 Å². The van der Waals surface area contributed by atoms with E-state index in [4.69, 9.17) is 9.47 Å². The monoisotopic (exact) mass is 334 g/mol. The molecule has 0 radical (unpaired) electrons. The summed E-state index contributed by atoms with van der Waals surface area (Å²) in [4.78, 5) is 28.1. The summed E-state index contributed by atoms with van der Waals surface area (Å²) < 4.78 is 24.8. The number of halogens is 1. The molecule has 0 unspecified atom stereocenters. The van der Waals surface area contributed by atoms with Crippen LogP contribution in [0.25, 0.3) is 0 Å². The first-order valence-electron chi connectivity index (χ1n) is 8.22. The number of nitrogens with zero attached hydrogens (tertiary/aromatic N) is 2. The molecule has 3 fully saturated rings. The summed E-state index contributed by atoms with van der Waals surface area (Å²) in [6, 6.07) is 5.09. The number of likely N-dealkylation sites (tertiary alicyclic amines) is 1. The van der Waals surface area contributed by atoms with Gasteiger partial charge < -0.3 is 9.47 Å². The van der Waals surface area contributed by atoms with Crippen molar-refractivity contribution in [3.63, 3.8) is 0 Å². The lowest BCUT2D eigenvalue weighted by molar-refractivity contribution is -0.188. The van der Waals surface area contributed by atoms with Gasteiger partial charge >= 0.3 is 0 Å². The number of benzene rings is 1. The van der Waals surface area contributed by atoms with Gasteiger partial charge in [-0.15, -0.1) is 0 Å². The molecular formula is C17H19FN2O4. The molecule has 4 rings (SSSR count). The predicted molar refractivity (Wildman–Crippen MR) is 82.7 cm³/mol. The summed E-state index contributed by atoms with van der Waals surface area (Å²) in [6.07, 6.45) is 1.50. The van der Waals surface area contributed by atoms with E-state index in [2.05, 4.69) is 0 Å². The normalized spacial score (nSPS) is 27.4. The number of ether oxygens (including phenoxy) is 2. The van der Waals surface area contributed by atoms with Crippen LogP contribution < -0.4 is 4.90 Å². The zero-order chi connectivity index (χ0) is 16.7. The number of rotatable bonds is 2. The third kappa shape index (κ3) is 2.62. The fourth-order valence-electron chi connectivity index (χ4n) is 3.75. The number of hydrogen-bond acceptors (Lipinski definition) is 5. The fourth-order valence-corrected chi connectivity index (χ4v) is 3.75. The molecule has 2 amide bonds. The molecule has 3 saturated heterocycles. The van der Waals surface area contributed by atoms with Gasteiger partial charge in [-0.1, -0.05) is 6.07 Å². The topological polar surface area (TPSA) is 59.1 Å². The number of imide groups is 1. The standard InChI is InChI=1S/C17H19FN2O4/c18-12-2-1-3-13(10-12)20-15(21)11-14(16(20)22)19-6-4-17(5-7-19)23-8-9-24-17/h1-3,10,14H,4-9,11H2/t14-/m1/s1. The van der Waals surface area contributed by atoms with E-state index in [1.165, 1.54) is 18.2 Å². The summed E-state index contributed by atoms with van der Waals surface area (Å²) >= 11 is 0. The molecular weight excluding hydrogens is 315 g/mol. The van der Waals surface area contributed by atoms with Crippen molar-refractivity contribution < 1.29 is 23.5 Å². The van der Waals surface area contributed by atoms with Crippen molar-refractivity contribution in [1.29, 1.82) is 0 Å². The molecule has 0 bridgehead atoms. The first kappa shape index (κ1) is 15.7. The minimum atomic E-state index is -0.510. The zero-order valence-corrected chi connectivity index (χ0v) is 13.2. The molecule has 3 aliphatic rings. The van der Waals surface area contributed by atoms with Crippen LogP contribution in [0.5, 0.6) is 0 Å². The Hall–Kier alpha value is -1.83. The fraction of sp³-hybridized carbons (Fsp3) is 0.529. The summed E-state index contributed by atoms with van der Waals surface area (Å²) in [7, 11) is 0. The molecule has 0 aliphatic carbocycles. The van der Waals surface area contributed by atoms with Crippen LogP contribution in [0.3, 0.4) is 0 Å².